The van der Waals surface area contributed by atoms with Gasteiger partial charge in [0.05, 0.1) is 6.54 Å². The second-order valence-corrected chi connectivity index (χ2v) is 2.96. The van der Waals surface area contributed by atoms with E-state index in [1.54, 1.807) is 6.92 Å². The van der Waals surface area contributed by atoms with Gasteiger partial charge in [-0.05, 0) is 6.92 Å². The molecule has 0 aliphatic rings. The molecule has 0 aromatic carbocycles. The van der Waals surface area contributed by atoms with Crippen LogP contribution in [0.3, 0.4) is 0 Å². The van der Waals surface area contributed by atoms with E-state index in [1.807, 2.05) is 0 Å². The first-order valence-corrected chi connectivity index (χ1v) is 4.38. The summed E-state index contributed by atoms with van der Waals surface area (Å²) in [6, 6.07) is -0.708. The number of rotatable bonds is 5. The van der Waals surface area contributed by atoms with Gasteiger partial charge in [-0.25, -0.2) is 13.6 Å². The normalized spacial score (nSPS) is 10.2. The molecule has 0 fully saturated rings. The van der Waals surface area contributed by atoms with E-state index in [0.717, 1.165) is 9.80 Å². The van der Waals surface area contributed by atoms with E-state index in [1.165, 1.54) is 7.05 Å². The number of carbonyl (C=O) groups excluding carboxylic acids is 1. The quantitative estimate of drug-likeness (QED) is 0.748. The highest BCUT2D eigenvalue weighted by atomic mass is 19.3. The van der Waals surface area contributed by atoms with Crippen LogP contribution >= 0.6 is 0 Å². The molecule has 15 heavy (non-hydrogen) atoms. The molecule has 0 bridgehead atoms. The third kappa shape index (κ3) is 5.14. The van der Waals surface area contributed by atoms with Crippen LogP contribution in [-0.4, -0.2) is 60.0 Å². The van der Waals surface area contributed by atoms with Gasteiger partial charge in [-0.3, -0.25) is 4.79 Å². The summed E-state index contributed by atoms with van der Waals surface area (Å²) in [4.78, 5) is 23.5. The Bertz CT molecular complexity index is 236. The number of halogens is 2. The molecule has 0 saturated heterocycles. The van der Waals surface area contributed by atoms with E-state index in [-0.39, 0.29) is 6.54 Å². The molecule has 0 saturated carbocycles. The van der Waals surface area contributed by atoms with E-state index in [9.17, 15) is 18.4 Å². The highest BCUT2D eigenvalue weighted by molar-refractivity contribution is 5.79. The second-order valence-electron chi connectivity index (χ2n) is 2.96. The Labute approximate surface area is 86.3 Å². The molecule has 0 aromatic rings. The highest BCUT2D eigenvalue weighted by Crippen LogP contribution is 2.01. The van der Waals surface area contributed by atoms with Crippen LogP contribution in [0, 0.1) is 0 Å². The molecule has 0 unspecified atom stereocenters. The average Bonchev–Trinajstić information content (AvgIpc) is 2.11. The lowest BCUT2D eigenvalue weighted by Crippen LogP contribution is -2.45. The summed E-state index contributed by atoms with van der Waals surface area (Å²) in [5, 5.41) is 8.47. The summed E-state index contributed by atoms with van der Waals surface area (Å²) in [6.07, 6.45) is -2.62. The molecule has 0 atom stereocenters. The van der Waals surface area contributed by atoms with Crippen molar-refractivity contribution in [3.8, 4) is 0 Å². The van der Waals surface area contributed by atoms with Crippen LogP contribution in [0.5, 0.6) is 0 Å². The van der Waals surface area contributed by atoms with Crippen molar-refractivity contribution < 1.29 is 23.5 Å². The minimum atomic E-state index is -2.62. The number of nitrogens with zero attached hydrogens (tertiary/aromatic N) is 2. The minimum absolute atomic E-state index is 0.165. The first kappa shape index (κ1) is 13.6. The lowest BCUT2D eigenvalue weighted by atomic mass is 10.5. The van der Waals surface area contributed by atoms with E-state index < -0.39 is 31.5 Å². The first-order chi connectivity index (χ1) is 6.88. The number of likely N-dealkylation sites (N-methyl/N-ethyl adjacent to an activating group) is 1. The van der Waals surface area contributed by atoms with Gasteiger partial charge in [0.25, 0.3) is 6.43 Å². The zero-order chi connectivity index (χ0) is 12.0. The molecule has 5 nitrogen and oxygen atoms in total. The van der Waals surface area contributed by atoms with Crippen LogP contribution in [0.2, 0.25) is 0 Å². The van der Waals surface area contributed by atoms with Crippen molar-refractivity contribution in [2.45, 2.75) is 13.3 Å². The summed E-state index contributed by atoms with van der Waals surface area (Å²) < 4.78 is 23.9. The molecule has 0 aliphatic carbocycles. The first-order valence-electron chi connectivity index (χ1n) is 4.38. The van der Waals surface area contributed by atoms with Crippen LogP contribution in [0.15, 0.2) is 0 Å². The minimum Gasteiger partial charge on any atom is -0.480 e. The molecule has 2 amide bonds. The van der Waals surface area contributed by atoms with Gasteiger partial charge in [0.15, 0.2) is 0 Å². The lowest BCUT2D eigenvalue weighted by molar-refractivity contribution is -0.137. The van der Waals surface area contributed by atoms with Crippen LogP contribution in [0.4, 0.5) is 13.6 Å². The molecule has 0 heterocycles. The summed E-state index contributed by atoms with van der Waals surface area (Å²) in [5.41, 5.74) is 0. The molecule has 1 N–H and O–H groups in total. The lowest BCUT2D eigenvalue weighted by Gasteiger charge is -2.25. The Balaban J connectivity index is 4.30. The monoisotopic (exact) mass is 224 g/mol. The Morgan fingerprint density at radius 2 is 1.93 bits per heavy atom. The fourth-order valence-corrected chi connectivity index (χ4v) is 1.00. The Hall–Kier alpha value is -1.40. The third-order valence-electron chi connectivity index (χ3n) is 1.72. The number of alkyl halides is 2. The third-order valence-corrected chi connectivity index (χ3v) is 1.72. The van der Waals surface area contributed by atoms with Crippen molar-refractivity contribution in [3.05, 3.63) is 0 Å². The van der Waals surface area contributed by atoms with Gasteiger partial charge >= 0.3 is 12.0 Å². The van der Waals surface area contributed by atoms with Gasteiger partial charge in [-0.1, -0.05) is 0 Å². The number of carbonyl (C=O) groups is 2. The van der Waals surface area contributed by atoms with Crippen molar-refractivity contribution in [1.29, 1.82) is 0 Å². The number of urea groups is 1. The molecule has 0 aliphatic heterocycles. The smallest absolute Gasteiger partial charge is 0.323 e. The van der Waals surface area contributed by atoms with Crippen molar-refractivity contribution >= 4 is 12.0 Å². The van der Waals surface area contributed by atoms with Crippen LogP contribution in [0.1, 0.15) is 6.92 Å². The summed E-state index contributed by atoms with van der Waals surface area (Å²) in [6.45, 7) is 0.563. The van der Waals surface area contributed by atoms with Crippen LogP contribution in [0.25, 0.3) is 0 Å². The van der Waals surface area contributed by atoms with Gasteiger partial charge in [-0.15, -0.1) is 0 Å². The maximum absolute atomic E-state index is 11.9. The van der Waals surface area contributed by atoms with Crippen LogP contribution < -0.4 is 0 Å². The number of hydrogen-bond acceptors (Lipinski definition) is 2. The predicted octanol–water partition coefficient (Wildman–Crippen LogP) is 0.710. The number of aliphatic carboxylic acids is 1. The van der Waals surface area contributed by atoms with E-state index in [0.29, 0.717) is 0 Å². The molecule has 0 aromatic heterocycles. The predicted molar refractivity (Wildman–Crippen MR) is 48.9 cm³/mol. The fraction of sp³-hybridized carbons (Fsp3) is 0.750. The second kappa shape index (κ2) is 6.15. The zero-order valence-corrected chi connectivity index (χ0v) is 8.61. The van der Waals surface area contributed by atoms with Crippen molar-refractivity contribution in [2.75, 3.05) is 26.7 Å². The Morgan fingerprint density at radius 1 is 1.40 bits per heavy atom. The summed E-state index contributed by atoms with van der Waals surface area (Å²) in [5.74, 6) is -1.17. The van der Waals surface area contributed by atoms with E-state index in [4.69, 9.17) is 5.11 Å². The summed E-state index contributed by atoms with van der Waals surface area (Å²) in [7, 11) is 1.21. The van der Waals surface area contributed by atoms with Crippen molar-refractivity contribution in [2.24, 2.45) is 0 Å². The van der Waals surface area contributed by atoms with Gasteiger partial charge in [0.2, 0.25) is 0 Å². The van der Waals surface area contributed by atoms with E-state index >= 15 is 0 Å². The molecule has 7 heteroatoms. The van der Waals surface area contributed by atoms with Crippen molar-refractivity contribution in [3.63, 3.8) is 0 Å². The standard InChI is InChI=1S/C8H14F2N2O3/c1-3-12(5-7(13)14)8(15)11(2)4-6(9)10/h6H,3-5H2,1-2H3,(H,13,14). The number of carboxylic acids is 1. The topological polar surface area (TPSA) is 60.9 Å². The highest BCUT2D eigenvalue weighted by Gasteiger charge is 2.20. The maximum atomic E-state index is 11.9. The summed E-state index contributed by atoms with van der Waals surface area (Å²) >= 11 is 0. The van der Waals surface area contributed by atoms with Gasteiger partial charge < -0.3 is 14.9 Å². The van der Waals surface area contributed by atoms with Gasteiger partial charge in [0.1, 0.15) is 6.54 Å². The molecule has 88 valence electrons. The van der Waals surface area contributed by atoms with Crippen molar-refractivity contribution in [1.82, 2.24) is 9.80 Å². The largest absolute Gasteiger partial charge is 0.480 e. The fourth-order valence-electron chi connectivity index (χ4n) is 1.00. The molecular formula is C8H14F2N2O3. The number of amides is 2. The SMILES string of the molecule is CCN(CC(=O)O)C(=O)N(C)CC(F)F. The van der Waals surface area contributed by atoms with Crippen LogP contribution in [-0.2, 0) is 4.79 Å². The molecule has 0 spiro atoms. The van der Waals surface area contributed by atoms with E-state index in [2.05, 4.69) is 0 Å². The Morgan fingerprint density at radius 3 is 2.27 bits per heavy atom. The van der Waals surface area contributed by atoms with Gasteiger partial charge in [-0.2, -0.15) is 0 Å². The molecule has 0 radical (unpaired) electrons. The molecule has 0 rings (SSSR count). The average molecular weight is 224 g/mol. The maximum Gasteiger partial charge on any atom is 0.323 e. The molecular weight excluding hydrogens is 210 g/mol. The zero-order valence-electron chi connectivity index (χ0n) is 8.61. The number of carboxylic acid groups (broad SMARTS) is 1. The Kier molecular flexibility index (Phi) is 5.58. The number of hydrogen-bond donors (Lipinski definition) is 1. The van der Waals surface area contributed by atoms with Gasteiger partial charge in [0, 0.05) is 13.6 Å².